The molecule has 0 heterocycles. The molecule has 5 rings (SSSR count). The van der Waals surface area contributed by atoms with Gasteiger partial charge in [-0.15, -0.1) is 0 Å². The summed E-state index contributed by atoms with van der Waals surface area (Å²) in [5.74, 6) is 2.89. The van der Waals surface area contributed by atoms with Gasteiger partial charge in [0.1, 0.15) is 11.8 Å². The fraction of sp³-hybridized carbons (Fsp3) is 0.591. The number of amides is 1. The van der Waals surface area contributed by atoms with Crippen molar-refractivity contribution in [2.75, 3.05) is 6.61 Å². The first-order valence-corrected chi connectivity index (χ1v) is 9.99. The van der Waals surface area contributed by atoms with Gasteiger partial charge in [0.2, 0.25) is 0 Å². The van der Waals surface area contributed by atoms with E-state index >= 15 is 0 Å². The maximum absolute atomic E-state index is 12.1. The van der Waals surface area contributed by atoms with Crippen LogP contribution in [0.2, 0.25) is 0 Å². The topological polar surface area (TPSA) is 74.5 Å². The van der Waals surface area contributed by atoms with E-state index in [4.69, 9.17) is 10.00 Å². The SMILES string of the molecule is C/C(CC12CC3CC(CC(C3)C1)C2)=N/NC(=O)COc1ccccc1C#N. The third-order valence-corrected chi connectivity index (χ3v) is 6.53. The Labute approximate surface area is 160 Å². The Morgan fingerprint density at radius 2 is 1.85 bits per heavy atom. The standard InChI is InChI=1S/C22H27N3O2/c1-15(9-22-10-16-6-17(11-22)8-18(7-16)12-22)24-25-21(26)14-27-20-5-3-2-4-19(20)13-23/h2-5,16-18H,6-12,14H2,1H3,(H,25,26)/b24-15-. The van der Waals surface area contributed by atoms with Gasteiger partial charge in [0, 0.05) is 5.71 Å². The number of benzene rings is 1. The Hall–Kier alpha value is -2.35. The molecular formula is C22H27N3O2. The molecule has 4 aliphatic rings. The van der Waals surface area contributed by atoms with Crippen LogP contribution in [0, 0.1) is 34.5 Å². The Morgan fingerprint density at radius 1 is 1.22 bits per heavy atom. The molecule has 0 atom stereocenters. The second-order valence-electron chi connectivity index (χ2n) is 8.87. The summed E-state index contributed by atoms with van der Waals surface area (Å²) in [6.07, 6.45) is 9.33. The van der Waals surface area contributed by atoms with E-state index in [0.29, 0.717) is 16.7 Å². The van der Waals surface area contributed by atoms with E-state index in [2.05, 4.69) is 16.6 Å². The minimum absolute atomic E-state index is 0.146. The van der Waals surface area contributed by atoms with Crippen molar-refractivity contribution < 1.29 is 9.53 Å². The molecule has 0 aromatic heterocycles. The lowest BCUT2D eigenvalue weighted by Gasteiger charge is -2.57. The number of carbonyl (C=O) groups excluding carboxylic acids is 1. The predicted molar refractivity (Wildman–Crippen MR) is 103 cm³/mol. The average molecular weight is 365 g/mol. The third-order valence-electron chi connectivity index (χ3n) is 6.53. The van der Waals surface area contributed by atoms with E-state index in [9.17, 15) is 4.79 Å². The summed E-state index contributed by atoms with van der Waals surface area (Å²) in [6.45, 7) is 1.87. The highest BCUT2D eigenvalue weighted by molar-refractivity contribution is 5.85. The minimum atomic E-state index is -0.299. The molecule has 5 nitrogen and oxygen atoms in total. The average Bonchev–Trinajstić information content (AvgIpc) is 2.63. The van der Waals surface area contributed by atoms with Gasteiger partial charge in [-0.1, -0.05) is 12.1 Å². The fourth-order valence-electron chi connectivity index (χ4n) is 6.11. The van der Waals surface area contributed by atoms with Crippen LogP contribution < -0.4 is 10.2 Å². The van der Waals surface area contributed by atoms with Gasteiger partial charge in [0.25, 0.3) is 5.91 Å². The highest BCUT2D eigenvalue weighted by atomic mass is 16.5. The smallest absolute Gasteiger partial charge is 0.277 e. The van der Waals surface area contributed by atoms with Gasteiger partial charge >= 0.3 is 0 Å². The molecule has 27 heavy (non-hydrogen) atoms. The van der Waals surface area contributed by atoms with Crippen LogP contribution in [0.1, 0.15) is 57.4 Å². The molecule has 1 N–H and O–H groups in total. The molecule has 1 amide bonds. The lowest BCUT2D eigenvalue weighted by molar-refractivity contribution is -0.123. The number of hydrogen-bond acceptors (Lipinski definition) is 4. The molecule has 4 aliphatic carbocycles. The summed E-state index contributed by atoms with van der Waals surface area (Å²) in [7, 11) is 0. The Morgan fingerprint density at radius 3 is 2.48 bits per heavy atom. The molecule has 1 aromatic carbocycles. The first kappa shape index (κ1) is 18.0. The highest BCUT2D eigenvalue weighted by Crippen LogP contribution is 2.61. The van der Waals surface area contributed by atoms with E-state index in [1.54, 1.807) is 24.3 Å². The first-order valence-electron chi connectivity index (χ1n) is 9.99. The second kappa shape index (κ2) is 7.34. The van der Waals surface area contributed by atoms with Crippen molar-refractivity contribution in [1.82, 2.24) is 5.43 Å². The zero-order chi connectivity index (χ0) is 18.9. The van der Waals surface area contributed by atoms with Gasteiger partial charge in [0.05, 0.1) is 5.56 Å². The molecule has 0 unspecified atom stereocenters. The zero-order valence-electron chi connectivity index (χ0n) is 15.9. The number of nitriles is 1. The molecule has 4 saturated carbocycles. The predicted octanol–water partition coefficient (Wildman–Crippen LogP) is 4.04. The fourth-order valence-corrected chi connectivity index (χ4v) is 6.11. The van der Waals surface area contributed by atoms with Gasteiger partial charge in [-0.2, -0.15) is 10.4 Å². The maximum Gasteiger partial charge on any atom is 0.277 e. The number of nitrogens with zero attached hydrogens (tertiary/aromatic N) is 2. The highest BCUT2D eigenvalue weighted by Gasteiger charge is 2.50. The molecule has 1 aromatic rings. The van der Waals surface area contributed by atoms with Crippen LogP contribution in [0.4, 0.5) is 0 Å². The summed E-state index contributed by atoms with van der Waals surface area (Å²) in [6, 6.07) is 8.96. The lowest BCUT2D eigenvalue weighted by Crippen LogP contribution is -2.46. The van der Waals surface area contributed by atoms with Crippen molar-refractivity contribution in [3.8, 4) is 11.8 Å². The molecule has 5 heteroatoms. The lowest BCUT2D eigenvalue weighted by atomic mass is 9.48. The van der Waals surface area contributed by atoms with Crippen molar-refractivity contribution in [1.29, 1.82) is 5.26 Å². The molecule has 0 spiro atoms. The Balaban J connectivity index is 1.29. The Kier molecular flexibility index (Phi) is 4.90. The summed E-state index contributed by atoms with van der Waals surface area (Å²) in [5, 5.41) is 13.4. The first-order chi connectivity index (χ1) is 13.0. The third kappa shape index (κ3) is 4.00. The number of rotatable bonds is 6. The summed E-state index contributed by atoms with van der Waals surface area (Å²) in [4.78, 5) is 12.1. The van der Waals surface area contributed by atoms with Crippen LogP contribution in [0.5, 0.6) is 5.75 Å². The normalized spacial score (nSPS) is 31.4. The number of hydrazone groups is 1. The van der Waals surface area contributed by atoms with Crippen molar-refractivity contribution in [3.63, 3.8) is 0 Å². The van der Waals surface area contributed by atoms with Crippen molar-refractivity contribution in [3.05, 3.63) is 29.8 Å². The van der Waals surface area contributed by atoms with Crippen LogP contribution in [-0.4, -0.2) is 18.2 Å². The van der Waals surface area contributed by atoms with Crippen LogP contribution in [-0.2, 0) is 4.79 Å². The van der Waals surface area contributed by atoms with Crippen molar-refractivity contribution >= 4 is 11.6 Å². The monoisotopic (exact) mass is 365 g/mol. The maximum atomic E-state index is 12.1. The van der Waals surface area contributed by atoms with Crippen LogP contribution in [0.3, 0.4) is 0 Å². The quantitative estimate of drug-likeness (QED) is 0.611. The summed E-state index contributed by atoms with van der Waals surface area (Å²) < 4.78 is 5.45. The molecule has 0 saturated heterocycles. The van der Waals surface area contributed by atoms with Crippen molar-refractivity contribution in [2.24, 2.45) is 28.3 Å². The summed E-state index contributed by atoms with van der Waals surface area (Å²) in [5.41, 5.74) is 4.47. The molecular weight excluding hydrogens is 338 g/mol. The number of nitrogens with one attached hydrogen (secondary N) is 1. The van der Waals surface area contributed by atoms with Crippen LogP contribution >= 0.6 is 0 Å². The van der Waals surface area contributed by atoms with E-state index in [1.165, 1.54) is 38.5 Å². The van der Waals surface area contributed by atoms with Crippen molar-refractivity contribution in [2.45, 2.75) is 51.9 Å². The molecule has 142 valence electrons. The summed E-state index contributed by atoms with van der Waals surface area (Å²) >= 11 is 0. The number of ether oxygens (including phenoxy) is 1. The number of para-hydroxylation sites is 1. The van der Waals surface area contributed by atoms with E-state index < -0.39 is 0 Å². The molecule has 0 radical (unpaired) electrons. The number of hydrogen-bond donors (Lipinski definition) is 1. The molecule has 4 fully saturated rings. The molecule has 4 bridgehead atoms. The Bertz CT molecular complexity index is 758. The van der Waals surface area contributed by atoms with Gasteiger partial charge in [0.15, 0.2) is 6.61 Å². The largest absolute Gasteiger partial charge is 0.482 e. The van der Waals surface area contributed by atoms with E-state index in [1.807, 2.05) is 6.92 Å². The van der Waals surface area contributed by atoms with Crippen LogP contribution in [0.15, 0.2) is 29.4 Å². The minimum Gasteiger partial charge on any atom is -0.482 e. The zero-order valence-corrected chi connectivity index (χ0v) is 15.9. The van der Waals surface area contributed by atoms with Crippen LogP contribution in [0.25, 0.3) is 0 Å². The second-order valence-corrected chi connectivity index (χ2v) is 8.87. The van der Waals surface area contributed by atoms with Gasteiger partial charge in [-0.25, -0.2) is 5.43 Å². The van der Waals surface area contributed by atoms with E-state index in [-0.39, 0.29) is 12.5 Å². The van der Waals surface area contributed by atoms with E-state index in [0.717, 1.165) is 29.9 Å². The van der Waals surface area contributed by atoms with Gasteiger partial charge < -0.3 is 4.74 Å². The van der Waals surface area contributed by atoms with Gasteiger partial charge in [-0.3, -0.25) is 4.79 Å². The van der Waals surface area contributed by atoms with Gasteiger partial charge in [-0.05, 0) is 87.2 Å². The number of carbonyl (C=O) groups is 1. The molecule has 0 aliphatic heterocycles.